The SMILES string of the molecule is Cc1ccc(OCCNC(=O)c2cc(S(N)(=O)=O)ccc2Br)cc1. The van der Waals surface area contributed by atoms with Crippen LogP contribution in [0.25, 0.3) is 0 Å². The van der Waals surface area contributed by atoms with E-state index in [1.54, 1.807) is 0 Å². The first kappa shape index (κ1) is 18.4. The predicted molar refractivity (Wildman–Crippen MR) is 94.5 cm³/mol. The van der Waals surface area contributed by atoms with Crippen LogP contribution in [0.1, 0.15) is 15.9 Å². The quantitative estimate of drug-likeness (QED) is 0.710. The average molecular weight is 413 g/mol. The van der Waals surface area contributed by atoms with Crippen LogP contribution in [0.2, 0.25) is 0 Å². The molecule has 2 aromatic carbocycles. The molecule has 0 saturated carbocycles. The monoisotopic (exact) mass is 412 g/mol. The van der Waals surface area contributed by atoms with Crippen LogP contribution in [0.3, 0.4) is 0 Å². The van der Waals surface area contributed by atoms with Crippen molar-refractivity contribution in [1.82, 2.24) is 5.32 Å². The molecule has 0 aliphatic carbocycles. The molecule has 128 valence electrons. The Bertz CT molecular complexity index is 836. The molecule has 3 N–H and O–H groups in total. The molecule has 0 radical (unpaired) electrons. The van der Waals surface area contributed by atoms with E-state index in [9.17, 15) is 13.2 Å². The number of hydrogen-bond donors (Lipinski definition) is 2. The molecule has 2 rings (SSSR count). The number of hydrogen-bond acceptors (Lipinski definition) is 4. The Kier molecular flexibility index (Phi) is 5.98. The van der Waals surface area contributed by atoms with E-state index < -0.39 is 15.9 Å². The van der Waals surface area contributed by atoms with Crippen LogP contribution >= 0.6 is 15.9 Å². The van der Waals surface area contributed by atoms with Crippen molar-refractivity contribution < 1.29 is 17.9 Å². The highest BCUT2D eigenvalue weighted by molar-refractivity contribution is 9.10. The number of rotatable bonds is 6. The third-order valence-electron chi connectivity index (χ3n) is 3.19. The number of amides is 1. The Balaban J connectivity index is 1.94. The minimum Gasteiger partial charge on any atom is -0.492 e. The van der Waals surface area contributed by atoms with Gasteiger partial charge in [0.05, 0.1) is 17.0 Å². The van der Waals surface area contributed by atoms with Gasteiger partial charge in [-0.1, -0.05) is 17.7 Å². The summed E-state index contributed by atoms with van der Waals surface area (Å²) in [4.78, 5) is 12.0. The van der Waals surface area contributed by atoms with E-state index in [1.807, 2.05) is 31.2 Å². The van der Waals surface area contributed by atoms with E-state index in [2.05, 4.69) is 21.2 Å². The maximum atomic E-state index is 12.2. The van der Waals surface area contributed by atoms with Gasteiger partial charge in [0, 0.05) is 4.47 Å². The van der Waals surface area contributed by atoms with Gasteiger partial charge in [-0.2, -0.15) is 0 Å². The second-order valence-corrected chi connectivity index (χ2v) is 7.52. The molecule has 0 spiro atoms. The van der Waals surface area contributed by atoms with Crippen molar-refractivity contribution in [2.45, 2.75) is 11.8 Å². The van der Waals surface area contributed by atoms with Gasteiger partial charge in [0.25, 0.3) is 5.91 Å². The molecule has 1 amide bonds. The number of carbonyl (C=O) groups is 1. The lowest BCUT2D eigenvalue weighted by Crippen LogP contribution is -2.28. The van der Waals surface area contributed by atoms with Crippen molar-refractivity contribution >= 4 is 31.9 Å². The van der Waals surface area contributed by atoms with Crippen LogP contribution in [-0.4, -0.2) is 27.5 Å². The van der Waals surface area contributed by atoms with Gasteiger partial charge < -0.3 is 10.1 Å². The van der Waals surface area contributed by atoms with Gasteiger partial charge in [-0.15, -0.1) is 0 Å². The normalized spacial score (nSPS) is 11.1. The molecule has 24 heavy (non-hydrogen) atoms. The summed E-state index contributed by atoms with van der Waals surface area (Å²) in [5.74, 6) is 0.298. The summed E-state index contributed by atoms with van der Waals surface area (Å²) in [6, 6.07) is 11.6. The lowest BCUT2D eigenvalue weighted by atomic mass is 10.2. The van der Waals surface area contributed by atoms with Gasteiger partial charge in [-0.05, 0) is 53.2 Å². The zero-order valence-electron chi connectivity index (χ0n) is 13.0. The fraction of sp³-hybridized carbons (Fsp3) is 0.188. The van der Waals surface area contributed by atoms with E-state index in [4.69, 9.17) is 9.88 Å². The summed E-state index contributed by atoms with van der Waals surface area (Å²) in [6.45, 7) is 2.55. The molecule has 0 heterocycles. The van der Waals surface area contributed by atoms with Crippen molar-refractivity contribution in [3.8, 4) is 5.75 Å². The van der Waals surface area contributed by atoms with Gasteiger partial charge >= 0.3 is 0 Å². The second-order valence-electron chi connectivity index (χ2n) is 5.10. The minimum atomic E-state index is -3.87. The molecule has 0 aliphatic heterocycles. The number of primary sulfonamides is 1. The molecule has 0 saturated heterocycles. The Morgan fingerprint density at radius 3 is 2.50 bits per heavy atom. The van der Waals surface area contributed by atoms with Crippen LogP contribution in [0.15, 0.2) is 51.8 Å². The lowest BCUT2D eigenvalue weighted by molar-refractivity contribution is 0.0946. The van der Waals surface area contributed by atoms with Gasteiger partial charge in [-0.3, -0.25) is 4.79 Å². The number of carbonyl (C=O) groups excluding carboxylic acids is 1. The summed E-state index contributed by atoms with van der Waals surface area (Å²) >= 11 is 3.22. The second kappa shape index (κ2) is 7.78. The van der Waals surface area contributed by atoms with Crippen molar-refractivity contribution in [3.63, 3.8) is 0 Å². The molecule has 0 fully saturated rings. The number of aryl methyl sites for hydroxylation is 1. The van der Waals surface area contributed by atoms with Crippen LogP contribution < -0.4 is 15.2 Å². The Hall–Kier alpha value is -1.90. The lowest BCUT2D eigenvalue weighted by Gasteiger charge is -2.10. The molecule has 0 aromatic heterocycles. The van der Waals surface area contributed by atoms with E-state index >= 15 is 0 Å². The van der Waals surface area contributed by atoms with E-state index in [0.29, 0.717) is 16.8 Å². The number of benzene rings is 2. The minimum absolute atomic E-state index is 0.119. The van der Waals surface area contributed by atoms with Gasteiger partial charge in [-0.25, -0.2) is 13.6 Å². The van der Waals surface area contributed by atoms with Crippen LogP contribution in [0.5, 0.6) is 5.75 Å². The highest BCUT2D eigenvalue weighted by Gasteiger charge is 2.15. The largest absolute Gasteiger partial charge is 0.492 e. The highest BCUT2D eigenvalue weighted by Crippen LogP contribution is 2.20. The van der Waals surface area contributed by atoms with Crippen molar-refractivity contribution in [2.75, 3.05) is 13.2 Å². The number of nitrogens with one attached hydrogen (secondary N) is 1. The van der Waals surface area contributed by atoms with E-state index in [-0.39, 0.29) is 17.0 Å². The molecule has 6 nitrogen and oxygen atoms in total. The van der Waals surface area contributed by atoms with Crippen molar-refractivity contribution in [2.24, 2.45) is 5.14 Å². The van der Waals surface area contributed by atoms with Crippen LogP contribution in [-0.2, 0) is 10.0 Å². The zero-order chi connectivity index (χ0) is 17.7. The summed E-state index contributed by atoms with van der Waals surface area (Å²) in [5, 5.41) is 7.75. The number of halogens is 1. The topological polar surface area (TPSA) is 98.5 Å². The van der Waals surface area contributed by atoms with Crippen LogP contribution in [0, 0.1) is 6.92 Å². The smallest absolute Gasteiger partial charge is 0.252 e. The molecular weight excluding hydrogens is 396 g/mol. The Morgan fingerprint density at radius 2 is 1.88 bits per heavy atom. The van der Waals surface area contributed by atoms with Gasteiger partial charge in [0.2, 0.25) is 10.0 Å². The fourth-order valence-corrected chi connectivity index (χ4v) is 2.89. The molecular formula is C16H17BrN2O4S. The first-order valence-corrected chi connectivity index (χ1v) is 9.41. The third-order valence-corrected chi connectivity index (χ3v) is 4.79. The molecule has 0 bridgehead atoms. The Labute approximate surface area is 149 Å². The Morgan fingerprint density at radius 1 is 1.21 bits per heavy atom. The van der Waals surface area contributed by atoms with Crippen LogP contribution in [0.4, 0.5) is 0 Å². The zero-order valence-corrected chi connectivity index (χ0v) is 15.4. The number of ether oxygens (including phenoxy) is 1. The maximum Gasteiger partial charge on any atom is 0.252 e. The summed E-state index contributed by atoms with van der Waals surface area (Å²) in [6.07, 6.45) is 0. The maximum absolute atomic E-state index is 12.2. The van der Waals surface area contributed by atoms with Gasteiger partial charge in [0.15, 0.2) is 0 Å². The van der Waals surface area contributed by atoms with Gasteiger partial charge in [0.1, 0.15) is 12.4 Å². The van der Waals surface area contributed by atoms with E-state index in [1.165, 1.54) is 18.2 Å². The first-order chi connectivity index (χ1) is 11.3. The molecule has 0 unspecified atom stereocenters. The highest BCUT2D eigenvalue weighted by atomic mass is 79.9. The predicted octanol–water partition coefficient (Wildman–Crippen LogP) is 2.21. The van der Waals surface area contributed by atoms with E-state index in [0.717, 1.165) is 5.56 Å². The molecule has 0 atom stereocenters. The van der Waals surface area contributed by atoms with Crippen molar-refractivity contribution in [3.05, 3.63) is 58.1 Å². The fourth-order valence-electron chi connectivity index (χ4n) is 1.92. The number of nitrogens with two attached hydrogens (primary N) is 1. The molecule has 0 aliphatic rings. The standard InChI is InChI=1S/C16H17BrN2O4S/c1-11-2-4-12(5-3-11)23-9-8-19-16(20)14-10-13(24(18,21)22)6-7-15(14)17/h2-7,10H,8-9H2,1H3,(H,19,20)(H2,18,21,22). The van der Waals surface area contributed by atoms with Crippen molar-refractivity contribution in [1.29, 1.82) is 0 Å². The third kappa shape index (κ3) is 5.05. The molecule has 2 aromatic rings. The summed E-state index contributed by atoms with van der Waals surface area (Å²) in [5.41, 5.74) is 1.33. The average Bonchev–Trinajstić information content (AvgIpc) is 2.52. The number of sulfonamides is 1. The summed E-state index contributed by atoms with van der Waals surface area (Å²) < 4.78 is 28.7. The summed E-state index contributed by atoms with van der Waals surface area (Å²) in [7, 11) is -3.87. The first-order valence-electron chi connectivity index (χ1n) is 7.07. The molecule has 8 heteroatoms.